The van der Waals surface area contributed by atoms with Crippen LogP contribution in [-0.2, 0) is 0 Å². The Morgan fingerprint density at radius 2 is 1.73 bits per heavy atom. The molecule has 1 fully saturated rings. The number of hydrogen-bond donors (Lipinski definition) is 0. The minimum Gasteiger partial charge on any atom is -0.423 e. The van der Waals surface area contributed by atoms with Crippen LogP contribution in [0.15, 0.2) is 40.9 Å². The van der Waals surface area contributed by atoms with Crippen LogP contribution >= 0.6 is 0 Å². The van der Waals surface area contributed by atoms with Crippen LogP contribution in [0.4, 0.5) is 11.8 Å². The number of oxazole rings is 1. The van der Waals surface area contributed by atoms with E-state index in [1.165, 1.54) is 0 Å². The van der Waals surface area contributed by atoms with Crippen LogP contribution < -0.4 is 9.80 Å². The van der Waals surface area contributed by atoms with Crippen molar-refractivity contribution >= 4 is 22.9 Å². The number of aryl methyl sites for hydroxylation is 1. The topological polar surface area (TPSA) is 58.3 Å². The zero-order chi connectivity index (χ0) is 14.9. The molecule has 112 valence electrons. The lowest BCUT2D eigenvalue weighted by Crippen LogP contribution is -2.47. The molecular formula is C16H17N5O. The third-order valence-corrected chi connectivity index (χ3v) is 3.92. The predicted octanol–water partition coefficient (Wildman–Crippen LogP) is 2.25. The van der Waals surface area contributed by atoms with Crippen LogP contribution in [0.2, 0.25) is 0 Å². The van der Waals surface area contributed by atoms with E-state index in [1.54, 1.807) is 0 Å². The monoisotopic (exact) mass is 295 g/mol. The lowest BCUT2D eigenvalue weighted by atomic mass is 10.3. The molecule has 3 heterocycles. The summed E-state index contributed by atoms with van der Waals surface area (Å²) in [4.78, 5) is 17.7. The van der Waals surface area contributed by atoms with Crippen molar-refractivity contribution in [3.8, 4) is 0 Å². The molecule has 0 saturated carbocycles. The molecule has 0 unspecified atom stereocenters. The van der Waals surface area contributed by atoms with Gasteiger partial charge in [-0.25, -0.2) is 9.97 Å². The summed E-state index contributed by atoms with van der Waals surface area (Å²) < 4.78 is 5.84. The first-order valence-electron chi connectivity index (χ1n) is 7.45. The van der Waals surface area contributed by atoms with Crippen molar-refractivity contribution < 1.29 is 4.42 Å². The maximum Gasteiger partial charge on any atom is 0.298 e. The van der Waals surface area contributed by atoms with Gasteiger partial charge in [0.15, 0.2) is 5.58 Å². The first-order chi connectivity index (χ1) is 10.8. The molecular weight excluding hydrogens is 278 g/mol. The summed E-state index contributed by atoms with van der Waals surface area (Å²) in [6.07, 6.45) is 1.81. The number of nitrogens with zero attached hydrogens (tertiary/aromatic N) is 5. The fraction of sp³-hybridized carbons (Fsp3) is 0.312. The second kappa shape index (κ2) is 5.29. The van der Waals surface area contributed by atoms with E-state index < -0.39 is 0 Å². The molecule has 0 atom stereocenters. The quantitative estimate of drug-likeness (QED) is 0.723. The zero-order valence-electron chi connectivity index (χ0n) is 12.4. The summed E-state index contributed by atoms with van der Waals surface area (Å²) >= 11 is 0. The second-order valence-corrected chi connectivity index (χ2v) is 5.40. The summed E-state index contributed by atoms with van der Waals surface area (Å²) in [7, 11) is 0. The average molecular weight is 295 g/mol. The van der Waals surface area contributed by atoms with E-state index >= 15 is 0 Å². The molecule has 3 aromatic rings. The number of fused-ring (bicyclic) bond motifs is 1. The van der Waals surface area contributed by atoms with E-state index in [-0.39, 0.29) is 0 Å². The first kappa shape index (κ1) is 13.1. The molecule has 0 spiro atoms. The van der Waals surface area contributed by atoms with Gasteiger partial charge in [0, 0.05) is 32.4 Å². The summed E-state index contributed by atoms with van der Waals surface area (Å²) in [6, 6.07) is 10.5. The minimum atomic E-state index is 0.708. The molecule has 0 aliphatic carbocycles. The van der Waals surface area contributed by atoms with Gasteiger partial charge in [0.25, 0.3) is 6.01 Å². The molecule has 4 rings (SSSR count). The summed E-state index contributed by atoms with van der Waals surface area (Å²) in [5, 5.41) is 0. The van der Waals surface area contributed by atoms with Crippen molar-refractivity contribution in [1.29, 1.82) is 0 Å². The van der Waals surface area contributed by atoms with E-state index in [2.05, 4.69) is 24.8 Å². The van der Waals surface area contributed by atoms with Crippen LogP contribution in [0, 0.1) is 6.92 Å². The van der Waals surface area contributed by atoms with Gasteiger partial charge in [-0.1, -0.05) is 12.1 Å². The van der Waals surface area contributed by atoms with Crippen molar-refractivity contribution in [1.82, 2.24) is 15.0 Å². The van der Waals surface area contributed by atoms with Crippen LogP contribution in [0.25, 0.3) is 11.1 Å². The number of benzene rings is 1. The second-order valence-electron chi connectivity index (χ2n) is 5.40. The van der Waals surface area contributed by atoms with Crippen LogP contribution in [0.3, 0.4) is 0 Å². The average Bonchev–Trinajstić information content (AvgIpc) is 2.99. The SMILES string of the molecule is Cc1nccc(N2CCN(c3nc4ccccc4o3)CC2)n1. The Kier molecular flexibility index (Phi) is 3.14. The number of aromatic nitrogens is 3. The standard InChI is InChI=1S/C16H17N5O/c1-12-17-7-6-15(18-12)20-8-10-21(11-9-20)16-19-13-4-2-3-5-14(13)22-16/h2-7H,8-11H2,1H3. The highest BCUT2D eigenvalue weighted by Crippen LogP contribution is 2.23. The zero-order valence-corrected chi connectivity index (χ0v) is 12.4. The maximum atomic E-state index is 5.84. The van der Waals surface area contributed by atoms with Crippen LogP contribution in [0.1, 0.15) is 5.82 Å². The number of rotatable bonds is 2. The van der Waals surface area contributed by atoms with Crippen molar-refractivity contribution in [3.63, 3.8) is 0 Å². The number of hydrogen-bond acceptors (Lipinski definition) is 6. The van der Waals surface area contributed by atoms with Gasteiger partial charge in [0.05, 0.1) is 0 Å². The van der Waals surface area contributed by atoms with Gasteiger partial charge in [0.1, 0.15) is 17.2 Å². The van der Waals surface area contributed by atoms with Crippen molar-refractivity contribution in [2.24, 2.45) is 0 Å². The van der Waals surface area contributed by atoms with Gasteiger partial charge < -0.3 is 14.2 Å². The van der Waals surface area contributed by atoms with Gasteiger partial charge >= 0.3 is 0 Å². The Hall–Kier alpha value is -2.63. The van der Waals surface area contributed by atoms with E-state index in [9.17, 15) is 0 Å². The summed E-state index contributed by atoms with van der Waals surface area (Å²) in [6.45, 7) is 5.45. The molecule has 1 aliphatic heterocycles. The smallest absolute Gasteiger partial charge is 0.298 e. The Labute approximate surface area is 128 Å². The van der Waals surface area contributed by atoms with Crippen molar-refractivity contribution in [2.75, 3.05) is 36.0 Å². The third kappa shape index (κ3) is 2.36. The largest absolute Gasteiger partial charge is 0.423 e. The molecule has 22 heavy (non-hydrogen) atoms. The van der Waals surface area contributed by atoms with Gasteiger partial charge in [-0.05, 0) is 25.1 Å². The molecule has 0 bridgehead atoms. The van der Waals surface area contributed by atoms with E-state index in [0.717, 1.165) is 48.9 Å². The first-order valence-corrected chi connectivity index (χ1v) is 7.45. The van der Waals surface area contributed by atoms with Gasteiger partial charge in [0.2, 0.25) is 0 Å². The number of piperazine rings is 1. The molecule has 1 aromatic carbocycles. The number of para-hydroxylation sites is 2. The molecule has 1 aliphatic rings. The van der Waals surface area contributed by atoms with Crippen LogP contribution in [0.5, 0.6) is 0 Å². The highest BCUT2D eigenvalue weighted by molar-refractivity contribution is 5.74. The van der Waals surface area contributed by atoms with Gasteiger partial charge in [-0.3, -0.25) is 0 Å². The van der Waals surface area contributed by atoms with Crippen LogP contribution in [-0.4, -0.2) is 41.1 Å². The molecule has 1 saturated heterocycles. The highest BCUT2D eigenvalue weighted by atomic mass is 16.4. The predicted molar refractivity (Wildman–Crippen MR) is 85.2 cm³/mol. The molecule has 0 radical (unpaired) electrons. The Balaban J connectivity index is 1.49. The highest BCUT2D eigenvalue weighted by Gasteiger charge is 2.21. The molecule has 6 nitrogen and oxygen atoms in total. The maximum absolute atomic E-state index is 5.84. The Morgan fingerprint density at radius 1 is 0.955 bits per heavy atom. The minimum absolute atomic E-state index is 0.708. The fourth-order valence-corrected chi connectivity index (χ4v) is 2.74. The van der Waals surface area contributed by atoms with E-state index in [1.807, 2.05) is 43.5 Å². The number of anilines is 2. The fourth-order valence-electron chi connectivity index (χ4n) is 2.74. The lowest BCUT2D eigenvalue weighted by molar-refractivity contribution is 0.540. The summed E-state index contributed by atoms with van der Waals surface area (Å²) in [5.41, 5.74) is 1.75. The van der Waals surface area contributed by atoms with Gasteiger partial charge in [-0.2, -0.15) is 4.98 Å². The van der Waals surface area contributed by atoms with Crippen molar-refractivity contribution in [2.45, 2.75) is 6.92 Å². The van der Waals surface area contributed by atoms with E-state index in [4.69, 9.17) is 4.42 Å². The normalized spacial score (nSPS) is 15.5. The molecule has 6 heteroatoms. The Bertz CT molecular complexity index is 759. The van der Waals surface area contributed by atoms with Crippen molar-refractivity contribution in [3.05, 3.63) is 42.4 Å². The lowest BCUT2D eigenvalue weighted by Gasteiger charge is -2.34. The Morgan fingerprint density at radius 3 is 2.50 bits per heavy atom. The molecule has 2 aromatic heterocycles. The van der Waals surface area contributed by atoms with E-state index in [0.29, 0.717) is 6.01 Å². The molecule has 0 N–H and O–H groups in total. The third-order valence-electron chi connectivity index (χ3n) is 3.92. The molecule has 0 amide bonds. The summed E-state index contributed by atoms with van der Waals surface area (Å²) in [5.74, 6) is 1.79. The van der Waals surface area contributed by atoms with Gasteiger partial charge in [-0.15, -0.1) is 0 Å².